The molecule has 0 saturated carbocycles. The van der Waals surface area contributed by atoms with Crippen LogP contribution < -0.4 is 10.6 Å². The van der Waals surface area contributed by atoms with Crippen LogP contribution in [0.2, 0.25) is 0 Å². The molecule has 0 radical (unpaired) electrons. The summed E-state index contributed by atoms with van der Waals surface area (Å²) < 4.78 is 256. The highest BCUT2D eigenvalue weighted by molar-refractivity contribution is 5.72. The molecule has 0 atom stereocenters. The summed E-state index contributed by atoms with van der Waals surface area (Å²) >= 11 is 0. The Kier molecular flexibility index (Phi) is 9.85. The van der Waals surface area contributed by atoms with Crippen LogP contribution in [0.25, 0.3) is 0 Å². The summed E-state index contributed by atoms with van der Waals surface area (Å²) in [5, 5.41) is 0. The first-order valence-electron chi connectivity index (χ1n) is 10.6. The molecule has 2 N–H and O–H groups in total. The molecule has 0 unspecified atom stereocenters. The van der Waals surface area contributed by atoms with E-state index in [1.807, 2.05) is 0 Å². The zero-order chi connectivity index (χ0) is 34.5. The van der Waals surface area contributed by atoms with E-state index in [1.54, 1.807) is 0 Å². The van der Waals surface area contributed by atoms with E-state index in [9.17, 15) is 88.2 Å². The molecule has 0 aliphatic rings. The summed E-state index contributed by atoms with van der Waals surface area (Å²) in [4.78, 5) is 12.7. The van der Waals surface area contributed by atoms with Gasteiger partial charge in [0.2, 0.25) is 0 Å². The number of carbonyl (C=O) groups is 1. The second-order valence-electron chi connectivity index (χ2n) is 8.61. The Morgan fingerprint density at radius 1 is 0.651 bits per heavy atom. The first-order valence-corrected chi connectivity index (χ1v) is 10.6. The standard InChI is InChI=1S/C20H15F19N2O2/c1-41(10-5-3-2-4-9(10)40)7-6-11(42)43-8-12(21,22)13(23,24)14(25,26)15(27,28)16(29,30)17(31,32)18(33,34)19(35,36)20(37,38)39/h2-5H,6-8,40H2,1H3. The van der Waals surface area contributed by atoms with Crippen molar-refractivity contribution in [3.8, 4) is 0 Å². The van der Waals surface area contributed by atoms with Crippen molar-refractivity contribution in [3.05, 3.63) is 24.3 Å². The van der Waals surface area contributed by atoms with Crippen molar-refractivity contribution < 1.29 is 92.9 Å². The van der Waals surface area contributed by atoms with E-state index < -0.39 is 79.1 Å². The molecule has 0 amide bonds. The minimum Gasteiger partial charge on any atom is -0.459 e. The van der Waals surface area contributed by atoms with Gasteiger partial charge in [0.25, 0.3) is 0 Å². The fraction of sp³-hybridized carbons (Fsp3) is 0.650. The number of nitrogens with two attached hydrogens (primary N) is 1. The van der Waals surface area contributed by atoms with Crippen LogP contribution in [-0.2, 0) is 9.53 Å². The quantitative estimate of drug-likeness (QED) is 0.136. The van der Waals surface area contributed by atoms with E-state index in [0.29, 0.717) is 0 Å². The molecule has 0 bridgehead atoms. The van der Waals surface area contributed by atoms with Crippen molar-refractivity contribution in [1.29, 1.82) is 0 Å². The number of hydrogen-bond acceptors (Lipinski definition) is 4. The third-order valence-electron chi connectivity index (χ3n) is 5.60. The lowest BCUT2D eigenvalue weighted by molar-refractivity contribution is -0.469. The number of anilines is 2. The summed E-state index contributed by atoms with van der Waals surface area (Å²) in [7, 11) is 1.22. The zero-order valence-electron chi connectivity index (χ0n) is 20.5. The van der Waals surface area contributed by atoms with Gasteiger partial charge >= 0.3 is 59.5 Å². The van der Waals surface area contributed by atoms with E-state index >= 15 is 0 Å². The van der Waals surface area contributed by atoms with E-state index in [-0.39, 0.29) is 11.4 Å². The molecule has 250 valence electrons. The van der Waals surface area contributed by atoms with Gasteiger partial charge in [-0.2, -0.15) is 83.4 Å². The van der Waals surface area contributed by atoms with Crippen LogP contribution in [0.1, 0.15) is 6.42 Å². The minimum atomic E-state index is -9.01. The Hall–Kier alpha value is -3.04. The normalized spacial score (nSPS) is 15.0. The van der Waals surface area contributed by atoms with Crippen molar-refractivity contribution in [3.63, 3.8) is 0 Å². The fourth-order valence-corrected chi connectivity index (χ4v) is 2.94. The number of hydrogen-bond donors (Lipinski definition) is 1. The third-order valence-corrected chi connectivity index (χ3v) is 5.60. The number of esters is 1. The predicted molar refractivity (Wildman–Crippen MR) is 105 cm³/mol. The maximum atomic E-state index is 13.9. The molecular formula is C20H15F19N2O2. The Labute approximate surface area is 226 Å². The van der Waals surface area contributed by atoms with Crippen LogP contribution in [0.15, 0.2) is 24.3 Å². The Morgan fingerprint density at radius 3 is 1.42 bits per heavy atom. The Morgan fingerprint density at radius 2 is 1.02 bits per heavy atom. The topological polar surface area (TPSA) is 55.6 Å². The van der Waals surface area contributed by atoms with Gasteiger partial charge in [-0.3, -0.25) is 4.79 Å². The monoisotopic (exact) mass is 676 g/mol. The lowest BCUT2D eigenvalue weighted by Gasteiger charge is -2.43. The molecule has 1 rings (SSSR count). The molecule has 4 nitrogen and oxygen atoms in total. The van der Waals surface area contributed by atoms with Crippen LogP contribution in [0.3, 0.4) is 0 Å². The number of benzene rings is 1. The number of ether oxygens (including phenoxy) is 1. The molecule has 0 saturated heterocycles. The van der Waals surface area contributed by atoms with Gasteiger partial charge in [-0.05, 0) is 12.1 Å². The molecule has 0 spiro atoms. The van der Waals surface area contributed by atoms with Crippen molar-refractivity contribution in [2.24, 2.45) is 0 Å². The summed E-state index contributed by atoms with van der Waals surface area (Å²) in [6.45, 7) is -3.91. The molecule has 1 aromatic carbocycles. The number of nitrogens with zero attached hydrogens (tertiary/aromatic N) is 1. The van der Waals surface area contributed by atoms with E-state index in [0.717, 1.165) is 4.90 Å². The molecule has 0 aromatic heterocycles. The number of rotatable bonds is 13. The first kappa shape index (κ1) is 38.0. The van der Waals surface area contributed by atoms with Gasteiger partial charge in [-0.1, -0.05) is 12.1 Å². The first-order chi connectivity index (χ1) is 18.8. The largest absolute Gasteiger partial charge is 0.460 e. The van der Waals surface area contributed by atoms with Gasteiger partial charge < -0.3 is 15.4 Å². The van der Waals surface area contributed by atoms with Gasteiger partial charge in [-0.15, -0.1) is 0 Å². The third kappa shape index (κ3) is 5.90. The van der Waals surface area contributed by atoms with Crippen LogP contribution in [0, 0.1) is 0 Å². The Bertz CT molecular complexity index is 1150. The number of nitrogen functional groups attached to an aromatic ring is 1. The summed E-state index contributed by atoms with van der Waals surface area (Å²) in [6, 6.07) is 5.55. The number of carbonyl (C=O) groups excluding carboxylic acids is 1. The average molecular weight is 676 g/mol. The van der Waals surface area contributed by atoms with E-state index in [2.05, 4.69) is 4.74 Å². The summed E-state index contributed by atoms with van der Waals surface area (Å²) in [5.41, 5.74) is 5.85. The summed E-state index contributed by atoms with van der Waals surface area (Å²) in [5.74, 6) is -69.6. The van der Waals surface area contributed by atoms with Crippen LogP contribution in [0.4, 0.5) is 94.8 Å². The van der Waals surface area contributed by atoms with Crippen molar-refractivity contribution in [2.45, 2.75) is 60.0 Å². The maximum Gasteiger partial charge on any atom is 0.460 e. The number of para-hydroxylation sites is 2. The van der Waals surface area contributed by atoms with Crippen molar-refractivity contribution in [2.75, 3.05) is 30.8 Å². The van der Waals surface area contributed by atoms with Crippen molar-refractivity contribution in [1.82, 2.24) is 0 Å². The average Bonchev–Trinajstić information content (AvgIpc) is 2.84. The lowest BCUT2D eigenvalue weighted by atomic mass is 9.87. The molecule has 43 heavy (non-hydrogen) atoms. The van der Waals surface area contributed by atoms with Crippen molar-refractivity contribution >= 4 is 17.3 Å². The summed E-state index contributed by atoms with van der Waals surface area (Å²) in [6.07, 6.45) is -9.01. The molecule has 0 aliphatic carbocycles. The van der Waals surface area contributed by atoms with Gasteiger partial charge in [0.05, 0.1) is 17.8 Å². The van der Waals surface area contributed by atoms with Crippen LogP contribution >= 0.6 is 0 Å². The SMILES string of the molecule is CN(CCC(=O)OCC(F)(F)C(F)(F)C(F)(F)C(F)(F)C(F)(F)C(F)(F)C(F)(F)C(F)(F)C(F)(F)F)c1ccccc1N. The highest BCUT2D eigenvalue weighted by atomic mass is 19.4. The van der Waals surface area contributed by atoms with E-state index in [1.165, 1.54) is 31.3 Å². The molecule has 23 heteroatoms. The van der Waals surface area contributed by atoms with Gasteiger partial charge in [0, 0.05) is 13.6 Å². The van der Waals surface area contributed by atoms with Gasteiger partial charge in [-0.25, -0.2) is 0 Å². The maximum absolute atomic E-state index is 13.9. The minimum absolute atomic E-state index is 0.0787. The van der Waals surface area contributed by atoms with Crippen LogP contribution in [0.5, 0.6) is 0 Å². The molecule has 0 aliphatic heterocycles. The Balaban J connectivity index is 3.28. The van der Waals surface area contributed by atoms with E-state index in [4.69, 9.17) is 5.73 Å². The molecule has 0 heterocycles. The molecular weight excluding hydrogens is 661 g/mol. The van der Waals surface area contributed by atoms with Gasteiger partial charge in [0.1, 0.15) is 0 Å². The fourth-order valence-electron chi connectivity index (χ4n) is 2.94. The molecule has 1 aromatic rings. The van der Waals surface area contributed by atoms with Gasteiger partial charge in [0.15, 0.2) is 6.61 Å². The second-order valence-corrected chi connectivity index (χ2v) is 8.61. The number of halogens is 19. The predicted octanol–water partition coefficient (Wildman–Crippen LogP) is 7.28. The van der Waals surface area contributed by atoms with Crippen LogP contribution in [-0.4, -0.2) is 79.7 Å². The highest BCUT2D eigenvalue weighted by Gasteiger charge is 2.96. The zero-order valence-corrected chi connectivity index (χ0v) is 20.5. The molecule has 0 fully saturated rings. The number of alkyl halides is 19. The lowest BCUT2D eigenvalue weighted by Crippen LogP contribution is -2.76. The highest BCUT2D eigenvalue weighted by Crippen LogP contribution is 2.65. The second kappa shape index (κ2) is 11.1. The smallest absolute Gasteiger partial charge is 0.459 e.